The summed E-state index contributed by atoms with van der Waals surface area (Å²) in [6.07, 6.45) is 1.87. The molecule has 0 unspecified atom stereocenters. The summed E-state index contributed by atoms with van der Waals surface area (Å²) in [5.41, 5.74) is 1.36. The zero-order chi connectivity index (χ0) is 12.0. The minimum absolute atomic E-state index is 0.0486. The third kappa shape index (κ3) is 4.35. The highest BCUT2D eigenvalue weighted by Gasteiger charge is 2.02. The molecule has 0 atom stereocenters. The van der Waals surface area contributed by atoms with Crippen LogP contribution in [0, 0.1) is 0 Å². The SMILES string of the molecule is CSCC(=O)Nc1cccc(NC(C)=O)c1. The molecule has 0 aliphatic carbocycles. The first-order valence-electron chi connectivity index (χ1n) is 4.78. The lowest BCUT2D eigenvalue weighted by atomic mass is 10.2. The highest BCUT2D eigenvalue weighted by Crippen LogP contribution is 2.15. The smallest absolute Gasteiger partial charge is 0.234 e. The summed E-state index contributed by atoms with van der Waals surface area (Å²) in [5, 5.41) is 5.40. The van der Waals surface area contributed by atoms with E-state index in [1.54, 1.807) is 24.3 Å². The van der Waals surface area contributed by atoms with E-state index in [-0.39, 0.29) is 11.8 Å². The lowest BCUT2D eigenvalue weighted by Gasteiger charge is -2.06. The van der Waals surface area contributed by atoms with Gasteiger partial charge in [-0.15, -0.1) is 0 Å². The predicted molar refractivity (Wildman–Crippen MR) is 67.8 cm³/mol. The van der Waals surface area contributed by atoms with E-state index in [0.717, 1.165) is 0 Å². The largest absolute Gasteiger partial charge is 0.326 e. The molecule has 1 aromatic carbocycles. The summed E-state index contributed by atoms with van der Waals surface area (Å²) in [6.45, 7) is 1.44. The van der Waals surface area contributed by atoms with Crippen molar-refractivity contribution in [1.82, 2.24) is 0 Å². The van der Waals surface area contributed by atoms with Crippen molar-refractivity contribution in [1.29, 1.82) is 0 Å². The summed E-state index contributed by atoms with van der Waals surface area (Å²) >= 11 is 1.46. The van der Waals surface area contributed by atoms with Crippen LogP contribution in [0.5, 0.6) is 0 Å². The van der Waals surface area contributed by atoms with Crippen LogP contribution in [0.4, 0.5) is 11.4 Å². The number of thioether (sulfide) groups is 1. The van der Waals surface area contributed by atoms with Crippen LogP contribution in [0.15, 0.2) is 24.3 Å². The van der Waals surface area contributed by atoms with Crippen LogP contribution in [-0.2, 0) is 9.59 Å². The summed E-state index contributed by atoms with van der Waals surface area (Å²) in [6, 6.07) is 7.05. The number of benzene rings is 1. The maximum absolute atomic E-state index is 11.3. The van der Waals surface area contributed by atoms with Gasteiger partial charge in [-0.25, -0.2) is 0 Å². The number of anilines is 2. The molecule has 4 nitrogen and oxygen atoms in total. The zero-order valence-electron chi connectivity index (χ0n) is 9.24. The van der Waals surface area contributed by atoms with E-state index in [1.165, 1.54) is 18.7 Å². The average Bonchev–Trinajstić information content (AvgIpc) is 2.17. The Balaban J connectivity index is 2.67. The molecule has 0 saturated heterocycles. The Bertz CT molecular complexity index is 393. The first-order chi connectivity index (χ1) is 7.61. The number of carbonyl (C=O) groups excluding carboxylic acids is 2. The molecule has 5 heteroatoms. The van der Waals surface area contributed by atoms with Gasteiger partial charge in [0, 0.05) is 18.3 Å². The van der Waals surface area contributed by atoms with Crippen LogP contribution in [0.25, 0.3) is 0 Å². The van der Waals surface area contributed by atoms with Crippen molar-refractivity contribution in [2.24, 2.45) is 0 Å². The van der Waals surface area contributed by atoms with Gasteiger partial charge < -0.3 is 10.6 Å². The first kappa shape index (κ1) is 12.6. The number of rotatable bonds is 4. The van der Waals surface area contributed by atoms with Crippen molar-refractivity contribution in [3.63, 3.8) is 0 Å². The van der Waals surface area contributed by atoms with Gasteiger partial charge in [-0.3, -0.25) is 9.59 Å². The molecule has 2 amide bonds. The van der Waals surface area contributed by atoms with E-state index >= 15 is 0 Å². The van der Waals surface area contributed by atoms with E-state index in [0.29, 0.717) is 17.1 Å². The summed E-state index contributed by atoms with van der Waals surface area (Å²) < 4.78 is 0. The minimum atomic E-state index is -0.132. The standard InChI is InChI=1S/C11H14N2O2S/c1-8(14)12-9-4-3-5-10(6-9)13-11(15)7-16-2/h3-6H,7H2,1-2H3,(H,12,14)(H,13,15). The molecule has 2 N–H and O–H groups in total. The molecule has 0 fully saturated rings. The highest BCUT2D eigenvalue weighted by atomic mass is 32.2. The van der Waals surface area contributed by atoms with Gasteiger partial charge in [-0.2, -0.15) is 11.8 Å². The van der Waals surface area contributed by atoms with Crippen LogP contribution in [0.1, 0.15) is 6.92 Å². The quantitative estimate of drug-likeness (QED) is 0.843. The number of carbonyl (C=O) groups is 2. The third-order valence-electron chi connectivity index (χ3n) is 1.74. The van der Waals surface area contributed by atoms with Crippen LogP contribution in [0.3, 0.4) is 0 Å². The molecule has 0 radical (unpaired) electrons. The normalized spacial score (nSPS) is 9.62. The Hall–Kier alpha value is -1.49. The van der Waals surface area contributed by atoms with Crippen molar-refractivity contribution in [2.75, 3.05) is 22.6 Å². The van der Waals surface area contributed by atoms with E-state index in [1.807, 2.05) is 6.26 Å². The Morgan fingerprint density at radius 2 is 1.88 bits per heavy atom. The van der Waals surface area contributed by atoms with Gasteiger partial charge in [-0.1, -0.05) is 6.07 Å². The molecule has 0 aliphatic rings. The molecule has 0 aliphatic heterocycles. The maximum Gasteiger partial charge on any atom is 0.234 e. The molecule has 16 heavy (non-hydrogen) atoms. The Morgan fingerprint density at radius 1 is 1.25 bits per heavy atom. The Labute approximate surface area is 98.8 Å². The van der Waals surface area contributed by atoms with Gasteiger partial charge in [0.15, 0.2) is 0 Å². The number of nitrogens with one attached hydrogen (secondary N) is 2. The summed E-state index contributed by atoms with van der Waals surface area (Å²) in [5.74, 6) is 0.241. The second-order valence-corrected chi connectivity index (χ2v) is 4.11. The van der Waals surface area contributed by atoms with Gasteiger partial charge in [0.05, 0.1) is 5.75 Å². The lowest BCUT2D eigenvalue weighted by molar-refractivity contribution is -0.114. The van der Waals surface area contributed by atoms with Crippen LogP contribution in [0.2, 0.25) is 0 Å². The predicted octanol–water partition coefficient (Wildman–Crippen LogP) is 1.95. The van der Waals surface area contributed by atoms with Crippen molar-refractivity contribution in [3.05, 3.63) is 24.3 Å². The van der Waals surface area contributed by atoms with Crippen molar-refractivity contribution < 1.29 is 9.59 Å². The molecule has 1 aromatic rings. The lowest BCUT2D eigenvalue weighted by Crippen LogP contribution is -2.14. The van der Waals surface area contributed by atoms with Gasteiger partial charge in [-0.05, 0) is 24.5 Å². The van der Waals surface area contributed by atoms with Gasteiger partial charge in [0.25, 0.3) is 0 Å². The van der Waals surface area contributed by atoms with Crippen molar-refractivity contribution in [2.45, 2.75) is 6.92 Å². The summed E-state index contributed by atoms with van der Waals surface area (Å²) in [7, 11) is 0. The van der Waals surface area contributed by atoms with Crippen molar-refractivity contribution >= 4 is 35.0 Å². The second kappa shape index (κ2) is 6.17. The molecule has 0 spiro atoms. The van der Waals surface area contributed by atoms with Gasteiger partial charge in [0.1, 0.15) is 0 Å². The molecule has 0 heterocycles. The van der Waals surface area contributed by atoms with Crippen LogP contribution < -0.4 is 10.6 Å². The maximum atomic E-state index is 11.3. The fourth-order valence-electron chi connectivity index (χ4n) is 1.21. The fraction of sp³-hybridized carbons (Fsp3) is 0.273. The van der Waals surface area contributed by atoms with Crippen LogP contribution >= 0.6 is 11.8 Å². The molecular formula is C11H14N2O2S. The van der Waals surface area contributed by atoms with E-state index < -0.39 is 0 Å². The third-order valence-corrected chi connectivity index (χ3v) is 2.29. The van der Waals surface area contributed by atoms with Crippen LogP contribution in [-0.4, -0.2) is 23.8 Å². The van der Waals surface area contributed by atoms with E-state index in [9.17, 15) is 9.59 Å². The molecule has 0 bridgehead atoms. The number of amides is 2. The second-order valence-electron chi connectivity index (χ2n) is 3.24. The topological polar surface area (TPSA) is 58.2 Å². The fourth-order valence-corrected chi connectivity index (χ4v) is 1.54. The molecule has 1 rings (SSSR count). The van der Waals surface area contributed by atoms with Crippen molar-refractivity contribution in [3.8, 4) is 0 Å². The minimum Gasteiger partial charge on any atom is -0.326 e. The molecule has 0 saturated carbocycles. The molecule has 0 aromatic heterocycles. The Kier molecular flexibility index (Phi) is 4.85. The van der Waals surface area contributed by atoms with E-state index in [2.05, 4.69) is 10.6 Å². The van der Waals surface area contributed by atoms with E-state index in [4.69, 9.17) is 0 Å². The molecule has 86 valence electrons. The number of hydrogen-bond acceptors (Lipinski definition) is 3. The first-order valence-corrected chi connectivity index (χ1v) is 6.17. The number of hydrogen-bond donors (Lipinski definition) is 2. The average molecular weight is 238 g/mol. The molecular weight excluding hydrogens is 224 g/mol. The Morgan fingerprint density at radius 3 is 2.44 bits per heavy atom. The summed E-state index contributed by atoms with van der Waals surface area (Å²) in [4.78, 5) is 22.2. The van der Waals surface area contributed by atoms with Gasteiger partial charge in [0.2, 0.25) is 11.8 Å². The zero-order valence-corrected chi connectivity index (χ0v) is 10.1. The highest BCUT2D eigenvalue weighted by molar-refractivity contribution is 7.99. The monoisotopic (exact) mass is 238 g/mol. The van der Waals surface area contributed by atoms with Gasteiger partial charge >= 0.3 is 0 Å².